The van der Waals surface area contributed by atoms with Gasteiger partial charge in [0.05, 0.1) is 18.2 Å². The first-order chi connectivity index (χ1) is 9.73. The molecule has 2 N–H and O–H groups in total. The van der Waals surface area contributed by atoms with Gasteiger partial charge in [0.15, 0.2) is 0 Å². The minimum atomic E-state index is -0.213. The highest BCUT2D eigenvalue weighted by atomic mass is 32.2. The standard InChI is InChI=1S/C17H27NO2S/c1-12(2)21-15-9-7-6-8-14(15)16(20)18-13(11-19)10-17(3,4)5/h6-9,12-13,19H,10-11H2,1-5H3,(H,18,20). The van der Waals surface area contributed by atoms with Crippen molar-refractivity contribution in [1.29, 1.82) is 0 Å². The van der Waals surface area contributed by atoms with E-state index in [1.54, 1.807) is 11.8 Å². The van der Waals surface area contributed by atoms with Gasteiger partial charge in [-0.3, -0.25) is 4.79 Å². The van der Waals surface area contributed by atoms with Crippen molar-refractivity contribution < 1.29 is 9.90 Å². The van der Waals surface area contributed by atoms with Gasteiger partial charge in [0, 0.05) is 10.1 Å². The van der Waals surface area contributed by atoms with Gasteiger partial charge in [0.2, 0.25) is 0 Å². The average molecular weight is 309 g/mol. The van der Waals surface area contributed by atoms with Crippen LogP contribution in [0.2, 0.25) is 0 Å². The Morgan fingerprint density at radius 1 is 1.29 bits per heavy atom. The minimum Gasteiger partial charge on any atom is -0.394 e. The first-order valence-corrected chi connectivity index (χ1v) is 8.28. The Kier molecular flexibility index (Phi) is 6.75. The van der Waals surface area contributed by atoms with E-state index in [1.165, 1.54) is 0 Å². The van der Waals surface area contributed by atoms with Crippen LogP contribution in [0.3, 0.4) is 0 Å². The third-order valence-corrected chi connectivity index (χ3v) is 3.99. The van der Waals surface area contributed by atoms with Crippen LogP contribution in [0, 0.1) is 5.41 Å². The molecule has 0 spiro atoms. The first-order valence-electron chi connectivity index (χ1n) is 7.40. The van der Waals surface area contributed by atoms with E-state index in [4.69, 9.17) is 0 Å². The van der Waals surface area contributed by atoms with E-state index in [-0.39, 0.29) is 24.0 Å². The molecule has 0 bridgehead atoms. The van der Waals surface area contributed by atoms with Crippen molar-refractivity contribution >= 4 is 17.7 Å². The van der Waals surface area contributed by atoms with E-state index < -0.39 is 0 Å². The Morgan fingerprint density at radius 3 is 2.43 bits per heavy atom. The van der Waals surface area contributed by atoms with Crippen LogP contribution in [0.1, 0.15) is 51.4 Å². The van der Waals surface area contributed by atoms with E-state index in [2.05, 4.69) is 39.9 Å². The van der Waals surface area contributed by atoms with E-state index in [0.717, 1.165) is 11.3 Å². The quantitative estimate of drug-likeness (QED) is 0.788. The largest absolute Gasteiger partial charge is 0.394 e. The predicted octanol–water partition coefficient (Wildman–Crippen LogP) is 3.71. The summed E-state index contributed by atoms with van der Waals surface area (Å²) in [6, 6.07) is 7.41. The number of aliphatic hydroxyl groups excluding tert-OH is 1. The van der Waals surface area contributed by atoms with Crippen LogP contribution in [0.5, 0.6) is 0 Å². The van der Waals surface area contributed by atoms with Gasteiger partial charge in [-0.1, -0.05) is 46.8 Å². The fourth-order valence-corrected chi connectivity index (χ4v) is 3.13. The number of hydrogen-bond acceptors (Lipinski definition) is 3. The lowest BCUT2D eigenvalue weighted by molar-refractivity contribution is 0.0894. The van der Waals surface area contributed by atoms with Crippen LogP contribution in [-0.2, 0) is 0 Å². The summed E-state index contributed by atoms with van der Waals surface area (Å²) >= 11 is 1.68. The maximum Gasteiger partial charge on any atom is 0.252 e. The molecule has 0 aromatic heterocycles. The molecular weight excluding hydrogens is 282 g/mol. The average Bonchev–Trinajstić information content (AvgIpc) is 2.36. The summed E-state index contributed by atoms with van der Waals surface area (Å²) in [7, 11) is 0. The van der Waals surface area contributed by atoms with Gasteiger partial charge in [-0.2, -0.15) is 0 Å². The van der Waals surface area contributed by atoms with Crippen molar-refractivity contribution in [3.63, 3.8) is 0 Å². The van der Waals surface area contributed by atoms with Gasteiger partial charge in [0.25, 0.3) is 5.91 Å². The van der Waals surface area contributed by atoms with Gasteiger partial charge in [-0.15, -0.1) is 11.8 Å². The second-order valence-corrected chi connectivity index (χ2v) is 8.40. The number of amides is 1. The molecular formula is C17H27NO2S. The topological polar surface area (TPSA) is 49.3 Å². The zero-order chi connectivity index (χ0) is 16.0. The number of nitrogens with one attached hydrogen (secondary N) is 1. The molecule has 0 aliphatic carbocycles. The summed E-state index contributed by atoms with van der Waals surface area (Å²) in [6.45, 7) is 10.5. The minimum absolute atomic E-state index is 0.0392. The van der Waals surface area contributed by atoms with Crippen LogP contribution < -0.4 is 5.32 Å². The predicted molar refractivity (Wildman–Crippen MR) is 89.8 cm³/mol. The van der Waals surface area contributed by atoms with E-state index in [9.17, 15) is 9.90 Å². The monoisotopic (exact) mass is 309 g/mol. The Morgan fingerprint density at radius 2 is 1.90 bits per heavy atom. The summed E-state index contributed by atoms with van der Waals surface area (Å²) in [5.74, 6) is -0.109. The van der Waals surface area contributed by atoms with Gasteiger partial charge in [-0.25, -0.2) is 0 Å². The van der Waals surface area contributed by atoms with Crippen LogP contribution in [-0.4, -0.2) is 28.9 Å². The molecule has 0 radical (unpaired) electrons. The number of carbonyl (C=O) groups is 1. The summed E-state index contributed by atoms with van der Waals surface area (Å²) < 4.78 is 0. The summed E-state index contributed by atoms with van der Waals surface area (Å²) in [4.78, 5) is 13.5. The Hall–Kier alpha value is -1.00. The smallest absolute Gasteiger partial charge is 0.252 e. The highest BCUT2D eigenvalue weighted by Gasteiger charge is 2.21. The maximum atomic E-state index is 12.5. The van der Waals surface area contributed by atoms with E-state index in [0.29, 0.717) is 10.8 Å². The van der Waals surface area contributed by atoms with Crippen LogP contribution in [0.4, 0.5) is 0 Å². The molecule has 0 saturated carbocycles. The maximum absolute atomic E-state index is 12.5. The highest BCUT2D eigenvalue weighted by Crippen LogP contribution is 2.27. The zero-order valence-corrected chi connectivity index (χ0v) is 14.5. The van der Waals surface area contributed by atoms with Crippen molar-refractivity contribution in [2.75, 3.05) is 6.61 Å². The molecule has 0 heterocycles. The Balaban J connectivity index is 2.83. The van der Waals surface area contributed by atoms with E-state index in [1.807, 2.05) is 24.3 Å². The molecule has 0 aliphatic heterocycles. The number of rotatable bonds is 6. The van der Waals surface area contributed by atoms with Crippen molar-refractivity contribution in [2.45, 2.75) is 57.2 Å². The second kappa shape index (κ2) is 7.85. The Labute approximate surface area is 132 Å². The van der Waals surface area contributed by atoms with Crippen LogP contribution >= 0.6 is 11.8 Å². The molecule has 1 amide bonds. The van der Waals surface area contributed by atoms with Gasteiger partial charge >= 0.3 is 0 Å². The third kappa shape index (κ3) is 6.53. The molecule has 21 heavy (non-hydrogen) atoms. The normalized spacial score (nSPS) is 13.3. The fourth-order valence-electron chi connectivity index (χ4n) is 2.17. The van der Waals surface area contributed by atoms with Gasteiger partial charge in [-0.05, 0) is 24.0 Å². The summed E-state index contributed by atoms with van der Waals surface area (Å²) in [5, 5.41) is 12.8. The second-order valence-electron chi connectivity index (χ2n) is 6.78. The lowest BCUT2D eigenvalue weighted by Gasteiger charge is -2.25. The van der Waals surface area contributed by atoms with Crippen LogP contribution in [0.25, 0.3) is 0 Å². The Bertz CT molecular complexity index is 466. The zero-order valence-electron chi connectivity index (χ0n) is 13.6. The molecule has 0 fully saturated rings. The third-order valence-electron chi connectivity index (χ3n) is 2.91. The first kappa shape index (κ1) is 18.1. The molecule has 118 valence electrons. The van der Waals surface area contributed by atoms with Gasteiger partial charge < -0.3 is 10.4 Å². The number of thioether (sulfide) groups is 1. The highest BCUT2D eigenvalue weighted by molar-refractivity contribution is 8.00. The molecule has 1 aromatic carbocycles. The molecule has 4 heteroatoms. The van der Waals surface area contributed by atoms with Crippen molar-refractivity contribution in [3.05, 3.63) is 29.8 Å². The van der Waals surface area contributed by atoms with Crippen molar-refractivity contribution in [3.8, 4) is 0 Å². The number of aliphatic hydroxyl groups is 1. The molecule has 1 unspecified atom stereocenters. The van der Waals surface area contributed by atoms with Crippen molar-refractivity contribution in [1.82, 2.24) is 5.32 Å². The van der Waals surface area contributed by atoms with Gasteiger partial charge in [0.1, 0.15) is 0 Å². The van der Waals surface area contributed by atoms with Crippen LogP contribution in [0.15, 0.2) is 29.2 Å². The fraction of sp³-hybridized carbons (Fsp3) is 0.588. The molecule has 1 aromatic rings. The SMILES string of the molecule is CC(C)Sc1ccccc1C(=O)NC(CO)CC(C)(C)C. The lowest BCUT2D eigenvalue weighted by Crippen LogP contribution is -2.40. The molecule has 3 nitrogen and oxygen atoms in total. The molecule has 1 rings (SSSR count). The lowest BCUT2D eigenvalue weighted by atomic mass is 9.88. The molecule has 1 atom stereocenters. The van der Waals surface area contributed by atoms with Crippen molar-refractivity contribution in [2.24, 2.45) is 5.41 Å². The summed E-state index contributed by atoms with van der Waals surface area (Å²) in [5.41, 5.74) is 0.746. The number of hydrogen-bond donors (Lipinski definition) is 2. The summed E-state index contributed by atoms with van der Waals surface area (Å²) in [6.07, 6.45) is 0.745. The number of carbonyl (C=O) groups excluding carboxylic acids is 1. The molecule has 0 saturated heterocycles. The molecule has 0 aliphatic rings. The number of benzene rings is 1. The van der Waals surface area contributed by atoms with E-state index >= 15 is 0 Å².